The Morgan fingerprint density at radius 1 is 1.67 bits per heavy atom. The first-order chi connectivity index (χ1) is 4.34. The Morgan fingerprint density at radius 3 is 2.67 bits per heavy atom. The average molecular weight is 131 g/mol. The van der Waals surface area contributed by atoms with Crippen LogP contribution in [-0.4, -0.2) is 19.8 Å². The first-order valence-electron chi connectivity index (χ1n) is 3.63. The Balaban J connectivity index is 2.08. The maximum atomic E-state index is 12.8. The van der Waals surface area contributed by atoms with Crippen LogP contribution in [0.2, 0.25) is 0 Å². The van der Waals surface area contributed by atoms with Crippen LogP contribution in [0, 0.1) is 5.92 Å². The van der Waals surface area contributed by atoms with Crippen molar-refractivity contribution in [2.45, 2.75) is 25.4 Å². The minimum Gasteiger partial charge on any atom is -0.317 e. The molecule has 0 aromatic rings. The summed E-state index contributed by atoms with van der Waals surface area (Å²) in [5.41, 5.74) is 0. The number of alkyl halides is 1. The molecule has 1 N–H and O–H groups in total. The van der Waals surface area contributed by atoms with Crippen LogP contribution in [0.25, 0.3) is 0 Å². The summed E-state index contributed by atoms with van der Waals surface area (Å²) in [4.78, 5) is 0. The molecule has 9 heavy (non-hydrogen) atoms. The Bertz CT molecular complexity index is 81.0. The highest BCUT2D eigenvalue weighted by molar-refractivity contribution is 4.77. The summed E-state index contributed by atoms with van der Waals surface area (Å²) >= 11 is 0. The average Bonchev–Trinajstić information content (AvgIpc) is 1.60. The van der Waals surface area contributed by atoms with Crippen molar-refractivity contribution < 1.29 is 4.39 Å². The van der Waals surface area contributed by atoms with Gasteiger partial charge in [0, 0.05) is 6.54 Å². The first kappa shape index (κ1) is 7.00. The van der Waals surface area contributed by atoms with E-state index in [1.54, 1.807) is 7.05 Å². The van der Waals surface area contributed by atoms with E-state index in [4.69, 9.17) is 0 Å². The van der Waals surface area contributed by atoms with E-state index < -0.39 is 6.17 Å². The molecule has 0 aromatic heterocycles. The second-order valence-electron chi connectivity index (χ2n) is 2.76. The van der Waals surface area contributed by atoms with Gasteiger partial charge in [0.05, 0.1) is 0 Å². The molecule has 0 spiro atoms. The smallest absolute Gasteiger partial charge is 0.115 e. The Hall–Kier alpha value is -0.110. The summed E-state index contributed by atoms with van der Waals surface area (Å²) in [7, 11) is 1.80. The monoisotopic (exact) mass is 131 g/mol. The summed E-state index contributed by atoms with van der Waals surface area (Å²) in [6.45, 7) is 0.532. The van der Waals surface area contributed by atoms with Gasteiger partial charge < -0.3 is 5.32 Å². The lowest BCUT2D eigenvalue weighted by atomic mass is 9.82. The van der Waals surface area contributed by atoms with Gasteiger partial charge in [-0.05, 0) is 25.8 Å². The molecule has 0 bridgehead atoms. The fourth-order valence-corrected chi connectivity index (χ4v) is 1.16. The van der Waals surface area contributed by atoms with Gasteiger partial charge in [-0.2, -0.15) is 0 Å². The lowest BCUT2D eigenvalue weighted by Gasteiger charge is -2.28. The molecule has 1 aliphatic carbocycles. The van der Waals surface area contributed by atoms with E-state index in [9.17, 15) is 4.39 Å². The molecule has 0 aromatic carbocycles. The van der Waals surface area contributed by atoms with E-state index in [1.165, 1.54) is 6.42 Å². The second kappa shape index (κ2) is 3.16. The van der Waals surface area contributed by atoms with Gasteiger partial charge in [-0.1, -0.05) is 6.42 Å². The molecule has 0 amide bonds. The van der Waals surface area contributed by atoms with Crippen molar-refractivity contribution in [3.8, 4) is 0 Å². The highest BCUT2D eigenvalue weighted by Crippen LogP contribution is 2.30. The van der Waals surface area contributed by atoms with E-state index in [0.29, 0.717) is 12.5 Å². The van der Waals surface area contributed by atoms with Gasteiger partial charge >= 0.3 is 0 Å². The quantitative estimate of drug-likeness (QED) is 0.609. The number of hydrogen-bond donors (Lipinski definition) is 1. The van der Waals surface area contributed by atoms with E-state index in [1.807, 2.05) is 0 Å². The zero-order valence-corrected chi connectivity index (χ0v) is 5.86. The maximum Gasteiger partial charge on any atom is 0.115 e. The largest absolute Gasteiger partial charge is 0.317 e. The zero-order valence-electron chi connectivity index (χ0n) is 5.86. The molecule has 2 heteroatoms. The number of nitrogens with one attached hydrogen (secondary N) is 1. The normalized spacial score (nSPS) is 23.3. The Morgan fingerprint density at radius 2 is 2.33 bits per heavy atom. The van der Waals surface area contributed by atoms with Crippen LogP contribution < -0.4 is 5.32 Å². The Labute approximate surface area is 55.6 Å². The zero-order chi connectivity index (χ0) is 6.69. The van der Waals surface area contributed by atoms with E-state index in [2.05, 4.69) is 5.32 Å². The second-order valence-corrected chi connectivity index (χ2v) is 2.76. The summed E-state index contributed by atoms with van der Waals surface area (Å²) in [6.07, 6.45) is 2.84. The molecule has 0 saturated heterocycles. The molecule has 1 atom stereocenters. The summed E-state index contributed by atoms with van der Waals surface area (Å²) in [5.74, 6) is 0.373. The molecule has 0 unspecified atom stereocenters. The number of rotatable bonds is 3. The van der Waals surface area contributed by atoms with Gasteiger partial charge in [-0.25, -0.2) is 4.39 Å². The first-order valence-corrected chi connectivity index (χ1v) is 3.63. The van der Waals surface area contributed by atoms with Crippen LogP contribution in [0.5, 0.6) is 0 Å². The van der Waals surface area contributed by atoms with Gasteiger partial charge in [0.25, 0.3) is 0 Å². The molecule has 1 saturated carbocycles. The highest BCUT2D eigenvalue weighted by atomic mass is 19.1. The predicted octanol–water partition coefficient (Wildman–Crippen LogP) is 1.34. The molecular weight excluding hydrogens is 117 g/mol. The summed E-state index contributed by atoms with van der Waals surface area (Å²) in [5, 5.41) is 2.84. The predicted molar refractivity (Wildman–Crippen MR) is 36.2 cm³/mol. The van der Waals surface area contributed by atoms with Crippen LogP contribution in [0.3, 0.4) is 0 Å². The van der Waals surface area contributed by atoms with E-state index in [0.717, 1.165) is 12.8 Å². The molecule has 1 rings (SSSR count). The van der Waals surface area contributed by atoms with Gasteiger partial charge in [-0.15, -0.1) is 0 Å². The number of halogens is 1. The molecule has 1 aliphatic rings. The third-order valence-corrected chi connectivity index (χ3v) is 2.06. The highest BCUT2D eigenvalue weighted by Gasteiger charge is 2.25. The molecular formula is C7H14FN. The fraction of sp³-hybridized carbons (Fsp3) is 1.00. The standard InChI is InChI=1S/C7H14FN/c1-9-5-7(8)6-3-2-4-6/h6-7,9H,2-5H2,1H3/t7-/m0/s1. The van der Waals surface area contributed by atoms with Gasteiger partial charge in [0.15, 0.2) is 0 Å². The molecule has 0 radical (unpaired) electrons. The summed E-state index contributed by atoms with van der Waals surface area (Å²) in [6, 6.07) is 0. The minimum absolute atomic E-state index is 0.373. The van der Waals surface area contributed by atoms with Gasteiger partial charge in [0.2, 0.25) is 0 Å². The lowest BCUT2D eigenvalue weighted by molar-refractivity contribution is 0.148. The van der Waals surface area contributed by atoms with Crippen molar-refractivity contribution in [1.29, 1.82) is 0 Å². The molecule has 0 aliphatic heterocycles. The summed E-state index contributed by atoms with van der Waals surface area (Å²) < 4.78 is 12.8. The Kier molecular flexibility index (Phi) is 2.46. The van der Waals surface area contributed by atoms with E-state index in [-0.39, 0.29) is 0 Å². The maximum absolute atomic E-state index is 12.8. The van der Waals surface area contributed by atoms with Crippen molar-refractivity contribution in [2.24, 2.45) is 5.92 Å². The van der Waals surface area contributed by atoms with Crippen molar-refractivity contribution in [2.75, 3.05) is 13.6 Å². The van der Waals surface area contributed by atoms with Crippen molar-refractivity contribution in [1.82, 2.24) is 5.32 Å². The van der Waals surface area contributed by atoms with Crippen LogP contribution in [0.15, 0.2) is 0 Å². The third kappa shape index (κ3) is 1.65. The van der Waals surface area contributed by atoms with Crippen molar-refractivity contribution in [3.63, 3.8) is 0 Å². The molecule has 0 heterocycles. The molecule has 54 valence electrons. The van der Waals surface area contributed by atoms with Crippen LogP contribution in [-0.2, 0) is 0 Å². The van der Waals surface area contributed by atoms with Gasteiger partial charge in [-0.3, -0.25) is 0 Å². The topological polar surface area (TPSA) is 12.0 Å². The van der Waals surface area contributed by atoms with Gasteiger partial charge in [0.1, 0.15) is 6.17 Å². The fourth-order valence-electron chi connectivity index (χ4n) is 1.16. The lowest BCUT2D eigenvalue weighted by Crippen LogP contribution is -2.31. The van der Waals surface area contributed by atoms with E-state index >= 15 is 0 Å². The van der Waals surface area contributed by atoms with Crippen LogP contribution in [0.1, 0.15) is 19.3 Å². The minimum atomic E-state index is -0.594. The van der Waals surface area contributed by atoms with Crippen molar-refractivity contribution >= 4 is 0 Å². The molecule has 1 fully saturated rings. The van der Waals surface area contributed by atoms with Crippen LogP contribution >= 0.6 is 0 Å². The van der Waals surface area contributed by atoms with Crippen LogP contribution in [0.4, 0.5) is 4.39 Å². The SMILES string of the molecule is CNC[C@H](F)C1CCC1. The molecule has 1 nitrogen and oxygen atoms in total. The number of hydrogen-bond acceptors (Lipinski definition) is 1. The third-order valence-electron chi connectivity index (χ3n) is 2.06. The van der Waals surface area contributed by atoms with Crippen molar-refractivity contribution in [3.05, 3.63) is 0 Å².